The summed E-state index contributed by atoms with van der Waals surface area (Å²) in [6, 6.07) is 10.3. The van der Waals surface area contributed by atoms with E-state index in [1.165, 1.54) is 18.2 Å². The number of carbonyl (C=O) groups is 1. The smallest absolute Gasteiger partial charge is 0.245 e. The van der Waals surface area contributed by atoms with Crippen molar-refractivity contribution in [2.45, 2.75) is 18.8 Å². The Morgan fingerprint density at radius 1 is 1.24 bits per heavy atom. The maximum atomic E-state index is 13.3. The quantitative estimate of drug-likeness (QED) is 0.628. The van der Waals surface area contributed by atoms with Gasteiger partial charge < -0.3 is 4.90 Å². The first-order valence-electron chi connectivity index (χ1n) is 9.72. The molecule has 0 aliphatic carbocycles. The van der Waals surface area contributed by atoms with Crippen LogP contribution in [0, 0.1) is 5.82 Å². The molecule has 4 rings (SSSR count). The van der Waals surface area contributed by atoms with E-state index in [1.807, 2.05) is 36.5 Å². The maximum absolute atomic E-state index is 13.3. The normalized spacial score (nSPS) is 16.6. The molecule has 3 heterocycles. The number of benzene rings is 1. The zero-order valence-corrected chi connectivity index (χ0v) is 16.4. The van der Waals surface area contributed by atoms with Gasteiger partial charge in [-0.15, -0.1) is 0 Å². The summed E-state index contributed by atoms with van der Waals surface area (Å²) >= 11 is 0. The summed E-state index contributed by atoms with van der Waals surface area (Å²) in [5.41, 5.74) is 4.56. The summed E-state index contributed by atoms with van der Waals surface area (Å²) in [6.07, 6.45) is 7.09. The van der Waals surface area contributed by atoms with Gasteiger partial charge >= 0.3 is 0 Å². The molecule has 0 bridgehead atoms. The lowest BCUT2D eigenvalue weighted by Gasteiger charge is -2.33. The molecule has 1 aliphatic rings. The molecular weight excluding hydrogens is 367 g/mol. The fourth-order valence-electron chi connectivity index (χ4n) is 3.91. The molecule has 1 unspecified atom stereocenters. The molecule has 1 aromatic carbocycles. The molecule has 6 heteroatoms. The molecule has 5 nitrogen and oxygen atoms in total. The molecule has 1 amide bonds. The van der Waals surface area contributed by atoms with Crippen LogP contribution in [0.25, 0.3) is 22.5 Å². The number of nitrogens with zero attached hydrogens (tertiary/aromatic N) is 4. The van der Waals surface area contributed by atoms with Gasteiger partial charge in [-0.1, -0.05) is 6.58 Å². The van der Waals surface area contributed by atoms with E-state index in [0.717, 1.165) is 47.5 Å². The molecular formula is C23H23FN4O. The summed E-state index contributed by atoms with van der Waals surface area (Å²) in [6.45, 7) is 5.00. The molecule has 1 saturated heterocycles. The Bertz CT molecular complexity index is 1040. The van der Waals surface area contributed by atoms with Gasteiger partial charge in [-0.05, 0) is 60.9 Å². The lowest BCUT2D eigenvalue weighted by molar-refractivity contribution is -0.127. The predicted molar refractivity (Wildman–Crippen MR) is 111 cm³/mol. The number of hydrogen-bond donors (Lipinski definition) is 0. The van der Waals surface area contributed by atoms with E-state index in [2.05, 4.69) is 16.7 Å². The molecule has 148 valence electrons. The van der Waals surface area contributed by atoms with Gasteiger partial charge in [0.2, 0.25) is 5.91 Å². The van der Waals surface area contributed by atoms with Gasteiger partial charge in [0, 0.05) is 49.6 Å². The van der Waals surface area contributed by atoms with Gasteiger partial charge in [0.25, 0.3) is 0 Å². The van der Waals surface area contributed by atoms with E-state index in [-0.39, 0.29) is 17.6 Å². The van der Waals surface area contributed by atoms with E-state index in [4.69, 9.17) is 0 Å². The summed E-state index contributed by atoms with van der Waals surface area (Å²) < 4.78 is 15.1. The third kappa shape index (κ3) is 3.97. The second-order valence-corrected chi connectivity index (χ2v) is 7.37. The number of aryl methyl sites for hydroxylation is 1. The third-order valence-electron chi connectivity index (χ3n) is 5.41. The number of likely N-dealkylation sites (tertiary alicyclic amines) is 1. The number of rotatable bonds is 4. The predicted octanol–water partition coefficient (Wildman–Crippen LogP) is 4.18. The number of halogens is 1. The van der Waals surface area contributed by atoms with E-state index >= 15 is 0 Å². The highest BCUT2D eigenvalue weighted by Gasteiger charge is 2.26. The van der Waals surface area contributed by atoms with Gasteiger partial charge in [0.1, 0.15) is 5.82 Å². The highest BCUT2D eigenvalue weighted by atomic mass is 19.1. The first-order chi connectivity index (χ1) is 14.0. The Morgan fingerprint density at radius 2 is 2.03 bits per heavy atom. The number of amides is 1. The molecule has 0 saturated carbocycles. The van der Waals surface area contributed by atoms with Crippen LogP contribution in [0.2, 0.25) is 0 Å². The zero-order valence-electron chi connectivity index (χ0n) is 16.4. The largest absolute Gasteiger partial charge is 0.339 e. The molecule has 2 aromatic heterocycles. The van der Waals surface area contributed by atoms with Crippen LogP contribution in [0.3, 0.4) is 0 Å². The molecule has 0 N–H and O–H groups in total. The highest BCUT2D eigenvalue weighted by Crippen LogP contribution is 2.35. The standard InChI is InChI=1S/C23H23FN4O/c1-3-23(29)28-11-4-5-17(15-28)20-14-25-22(16-6-8-18(24)9-7-16)13-19(20)21-10-12-27(2)26-21/h3,6-10,12-14,17H,1,4-5,11,15H2,2H3. The molecule has 1 fully saturated rings. The van der Waals surface area contributed by atoms with Crippen molar-refractivity contribution in [2.24, 2.45) is 7.05 Å². The second kappa shape index (κ2) is 7.99. The Morgan fingerprint density at radius 3 is 2.72 bits per heavy atom. The second-order valence-electron chi connectivity index (χ2n) is 7.37. The third-order valence-corrected chi connectivity index (χ3v) is 5.41. The summed E-state index contributed by atoms with van der Waals surface area (Å²) in [5.74, 6) is -0.131. The summed E-state index contributed by atoms with van der Waals surface area (Å²) in [5, 5.41) is 4.59. The number of piperidine rings is 1. The Labute approximate surface area is 169 Å². The van der Waals surface area contributed by atoms with Gasteiger partial charge in [0.15, 0.2) is 0 Å². The van der Waals surface area contributed by atoms with Gasteiger partial charge in [-0.2, -0.15) is 5.10 Å². The van der Waals surface area contributed by atoms with Crippen LogP contribution in [-0.2, 0) is 11.8 Å². The van der Waals surface area contributed by atoms with Crippen LogP contribution in [0.4, 0.5) is 4.39 Å². The van der Waals surface area contributed by atoms with Crippen molar-refractivity contribution in [2.75, 3.05) is 13.1 Å². The zero-order chi connectivity index (χ0) is 20.4. The van der Waals surface area contributed by atoms with E-state index in [9.17, 15) is 9.18 Å². The molecule has 0 spiro atoms. The minimum Gasteiger partial charge on any atom is -0.339 e. The van der Waals surface area contributed by atoms with Crippen molar-refractivity contribution in [3.8, 4) is 22.5 Å². The van der Waals surface area contributed by atoms with Gasteiger partial charge in [-0.25, -0.2) is 4.39 Å². The minimum atomic E-state index is -0.274. The Kier molecular flexibility index (Phi) is 5.25. The van der Waals surface area contributed by atoms with Crippen LogP contribution < -0.4 is 0 Å². The topological polar surface area (TPSA) is 51.0 Å². The van der Waals surface area contributed by atoms with Crippen molar-refractivity contribution in [3.63, 3.8) is 0 Å². The van der Waals surface area contributed by atoms with Crippen LogP contribution in [0.5, 0.6) is 0 Å². The summed E-state index contributed by atoms with van der Waals surface area (Å²) in [7, 11) is 1.89. The van der Waals surface area contributed by atoms with Crippen molar-refractivity contribution in [1.29, 1.82) is 0 Å². The fraction of sp³-hybridized carbons (Fsp3) is 0.261. The lowest BCUT2D eigenvalue weighted by atomic mass is 9.87. The number of aromatic nitrogens is 3. The van der Waals surface area contributed by atoms with E-state index in [1.54, 1.807) is 16.8 Å². The highest BCUT2D eigenvalue weighted by molar-refractivity contribution is 5.87. The van der Waals surface area contributed by atoms with Crippen molar-refractivity contribution < 1.29 is 9.18 Å². The van der Waals surface area contributed by atoms with Crippen molar-refractivity contribution in [3.05, 3.63) is 72.8 Å². The molecule has 3 aromatic rings. The van der Waals surface area contributed by atoms with Crippen LogP contribution in [0.1, 0.15) is 24.3 Å². The lowest BCUT2D eigenvalue weighted by Crippen LogP contribution is -2.38. The monoisotopic (exact) mass is 390 g/mol. The van der Waals surface area contributed by atoms with E-state index in [0.29, 0.717) is 6.54 Å². The van der Waals surface area contributed by atoms with E-state index < -0.39 is 0 Å². The number of hydrogen-bond acceptors (Lipinski definition) is 3. The molecule has 29 heavy (non-hydrogen) atoms. The molecule has 0 radical (unpaired) electrons. The van der Waals surface area contributed by atoms with Gasteiger partial charge in [-0.3, -0.25) is 14.5 Å². The molecule has 1 aliphatic heterocycles. The fourth-order valence-corrected chi connectivity index (χ4v) is 3.91. The Hall–Kier alpha value is -3.28. The van der Waals surface area contributed by atoms with Crippen LogP contribution in [0.15, 0.2) is 61.4 Å². The average Bonchev–Trinajstić information content (AvgIpc) is 3.19. The van der Waals surface area contributed by atoms with Crippen LogP contribution in [-0.4, -0.2) is 38.7 Å². The first kappa shape index (κ1) is 19.1. The summed E-state index contributed by atoms with van der Waals surface area (Å²) in [4.78, 5) is 18.6. The average molecular weight is 390 g/mol. The van der Waals surface area contributed by atoms with Crippen molar-refractivity contribution >= 4 is 5.91 Å². The SMILES string of the molecule is C=CC(=O)N1CCCC(c2cnc(-c3ccc(F)cc3)cc2-c2ccn(C)n2)C1. The van der Waals surface area contributed by atoms with Crippen LogP contribution >= 0.6 is 0 Å². The minimum absolute atomic E-state index is 0.0371. The van der Waals surface area contributed by atoms with Crippen molar-refractivity contribution in [1.82, 2.24) is 19.7 Å². The number of carbonyl (C=O) groups excluding carboxylic acids is 1. The van der Waals surface area contributed by atoms with Gasteiger partial charge in [0.05, 0.1) is 11.4 Å². The molecule has 1 atom stereocenters. The number of pyridine rings is 1. The first-order valence-corrected chi connectivity index (χ1v) is 9.72. The maximum Gasteiger partial charge on any atom is 0.245 e. The Balaban J connectivity index is 1.76.